The molecule has 7 nitrogen and oxygen atoms in total. The molecule has 0 radical (unpaired) electrons. The van der Waals surface area contributed by atoms with Gasteiger partial charge in [-0.05, 0) is 37.3 Å². The van der Waals surface area contributed by atoms with Crippen LogP contribution in [0.3, 0.4) is 0 Å². The third kappa shape index (κ3) is 4.00. The number of aromatic nitrogens is 3. The van der Waals surface area contributed by atoms with E-state index in [4.69, 9.17) is 0 Å². The molecule has 4 rings (SSSR count). The summed E-state index contributed by atoms with van der Waals surface area (Å²) in [5, 5.41) is 18.9. The van der Waals surface area contributed by atoms with Crippen molar-refractivity contribution in [3.05, 3.63) is 35.2 Å². The first-order valence-corrected chi connectivity index (χ1v) is 9.83. The lowest BCUT2D eigenvalue weighted by Crippen LogP contribution is -2.48. The van der Waals surface area contributed by atoms with E-state index in [0.29, 0.717) is 31.7 Å². The van der Waals surface area contributed by atoms with Gasteiger partial charge in [-0.3, -0.25) is 9.89 Å². The van der Waals surface area contributed by atoms with Crippen molar-refractivity contribution in [1.29, 1.82) is 0 Å². The third-order valence-corrected chi connectivity index (χ3v) is 5.80. The molecule has 2 aromatic heterocycles. The van der Waals surface area contributed by atoms with E-state index in [2.05, 4.69) is 20.5 Å². The number of alkyl halides is 6. The van der Waals surface area contributed by atoms with Crippen molar-refractivity contribution < 1.29 is 36.2 Å². The Morgan fingerprint density at radius 3 is 2.59 bits per heavy atom. The second-order valence-corrected chi connectivity index (χ2v) is 8.06. The average molecular weight is 463 g/mol. The Hall–Kier alpha value is -2.83. The molecule has 1 saturated heterocycles. The molecule has 2 aliphatic rings. The number of aromatic amines is 1. The number of hydrogen-bond donors (Lipinski definition) is 3. The van der Waals surface area contributed by atoms with Crippen molar-refractivity contribution in [3.8, 4) is 0 Å². The van der Waals surface area contributed by atoms with Crippen LogP contribution in [0.1, 0.15) is 36.1 Å². The van der Waals surface area contributed by atoms with Gasteiger partial charge in [-0.2, -0.15) is 31.4 Å². The van der Waals surface area contributed by atoms with Crippen LogP contribution in [0.4, 0.5) is 38.0 Å². The molecule has 0 saturated carbocycles. The molecular weight excluding hydrogens is 444 g/mol. The van der Waals surface area contributed by atoms with Gasteiger partial charge in [-0.1, -0.05) is 0 Å². The fourth-order valence-electron chi connectivity index (χ4n) is 4.26. The highest BCUT2D eigenvalue weighted by Crippen LogP contribution is 2.48. The Morgan fingerprint density at radius 1 is 1.22 bits per heavy atom. The highest BCUT2D eigenvalue weighted by Gasteiger charge is 2.60. The molecule has 0 aromatic carbocycles. The maximum absolute atomic E-state index is 13.6. The minimum absolute atomic E-state index is 0.00736. The Morgan fingerprint density at radius 2 is 1.97 bits per heavy atom. The average Bonchev–Trinajstić information content (AvgIpc) is 3.09. The van der Waals surface area contributed by atoms with E-state index >= 15 is 0 Å². The van der Waals surface area contributed by atoms with E-state index in [1.807, 2.05) is 0 Å². The molecule has 2 aromatic rings. The monoisotopic (exact) mass is 463 g/mol. The SMILES string of the molecule is O=C1CC(O)(C(F)(F)F)c2c(C[C@H]3CCCN(c4ccc(C(F)(F)F)cn4)C3)n[nH]c2N1. The predicted octanol–water partition coefficient (Wildman–Crippen LogP) is 3.37. The minimum atomic E-state index is -5.08. The lowest BCUT2D eigenvalue weighted by molar-refractivity contribution is -0.267. The number of aliphatic hydroxyl groups is 1. The van der Waals surface area contributed by atoms with Crippen LogP contribution in [0.5, 0.6) is 0 Å². The van der Waals surface area contributed by atoms with Crippen LogP contribution < -0.4 is 10.2 Å². The smallest absolute Gasteiger partial charge is 0.376 e. The van der Waals surface area contributed by atoms with Crippen LogP contribution in [-0.4, -0.2) is 45.5 Å². The molecule has 174 valence electrons. The maximum atomic E-state index is 13.6. The molecular formula is C19H19F6N5O2. The summed E-state index contributed by atoms with van der Waals surface area (Å²) in [5.41, 5.74) is -4.72. The number of hydrogen-bond acceptors (Lipinski definition) is 5. The van der Waals surface area contributed by atoms with Gasteiger partial charge in [0.05, 0.1) is 23.2 Å². The molecule has 0 aliphatic carbocycles. The molecule has 3 N–H and O–H groups in total. The summed E-state index contributed by atoms with van der Waals surface area (Å²) in [6, 6.07) is 2.20. The minimum Gasteiger partial charge on any atom is -0.376 e. The van der Waals surface area contributed by atoms with Crippen molar-refractivity contribution >= 4 is 17.5 Å². The molecule has 4 heterocycles. The Labute approximate surface area is 177 Å². The van der Waals surface area contributed by atoms with Crippen LogP contribution in [0.2, 0.25) is 0 Å². The first kappa shape index (κ1) is 22.4. The maximum Gasteiger partial charge on any atom is 0.422 e. The van der Waals surface area contributed by atoms with E-state index < -0.39 is 41.4 Å². The molecule has 2 atom stereocenters. The van der Waals surface area contributed by atoms with Gasteiger partial charge >= 0.3 is 12.4 Å². The van der Waals surface area contributed by atoms with Crippen molar-refractivity contribution in [2.75, 3.05) is 23.3 Å². The zero-order chi connectivity index (χ0) is 23.3. The number of carbonyl (C=O) groups excluding carboxylic acids is 1. The summed E-state index contributed by atoms with van der Waals surface area (Å²) >= 11 is 0. The van der Waals surface area contributed by atoms with Gasteiger partial charge in [-0.15, -0.1) is 0 Å². The Balaban J connectivity index is 1.54. The second-order valence-electron chi connectivity index (χ2n) is 8.06. The molecule has 2 aliphatic heterocycles. The van der Waals surface area contributed by atoms with Crippen LogP contribution in [-0.2, 0) is 23.0 Å². The van der Waals surface area contributed by atoms with Gasteiger partial charge in [0.2, 0.25) is 5.91 Å². The summed E-state index contributed by atoms with van der Waals surface area (Å²) < 4.78 is 79.2. The predicted molar refractivity (Wildman–Crippen MR) is 99.7 cm³/mol. The fraction of sp³-hybridized carbons (Fsp3) is 0.526. The van der Waals surface area contributed by atoms with Gasteiger partial charge < -0.3 is 15.3 Å². The summed E-state index contributed by atoms with van der Waals surface area (Å²) in [6.07, 6.45) is -8.62. The number of rotatable bonds is 3. The lowest BCUT2D eigenvalue weighted by atomic mass is 9.83. The number of piperidine rings is 1. The normalized spacial score (nSPS) is 24.3. The number of amides is 1. The molecule has 0 bridgehead atoms. The summed E-state index contributed by atoms with van der Waals surface area (Å²) in [7, 11) is 0. The second kappa shape index (κ2) is 7.64. The van der Waals surface area contributed by atoms with E-state index in [1.54, 1.807) is 4.90 Å². The zero-order valence-electron chi connectivity index (χ0n) is 16.5. The van der Waals surface area contributed by atoms with Crippen LogP contribution in [0.25, 0.3) is 0 Å². The number of halogens is 6. The van der Waals surface area contributed by atoms with E-state index in [1.165, 1.54) is 6.07 Å². The topological polar surface area (TPSA) is 94.1 Å². The summed E-state index contributed by atoms with van der Waals surface area (Å²) in [5.74, 6) is -1.11. The number of H-pyrrole nitrogens is 1. The standard InChI is InChI=1S/C19H19F6N5O2/c20-18(21,22)11-3-4-13(26-8-11)30-5-1-2-10(9-30)6-12-15-16(29-28-12)27-14(31)7-17(15,32)19(23,24)25/h3-4,8,10,32H,1-2,5-7,9H2,(H2,27,28,29,31)/t10-,17?/m1/s1. The number of anilines is 2. The number of pyridine rings is 1. The Bertz CT molecular complexity index is 1000. The number of nitrogens with one attached hydrogen (secondary N) is 2. The van der Waals surface area contributed by atoms with Crippen LogP contribution in [0.15, 0.2) is 18.3 Å². The lowest BCUT2D eigenvalue weighted by Gasteiger charge is -2.36. The number of nitrogens with zero attached hydrogens (tertiary/aromatic N) is 3. The number of fused-ring (bicyclic) bond motifs is 1. The fourth-order valence-corrected chi connectivity index (χ4v) is 4.26. The van der Waals surface area contributed by atoms with Crippen molar-refractivity contribution in [1.82, 2.24) is 15.2 Å². The molecule has 1 unspecified atom stereocenters. The third-order valence-electron chi connectivity index (χ3n) is 5.80. The Kier molecular flexibility index (Phi) is 5.34. The summed E-state index contributed by atoms with van der Waals surface area (Å²) in [4.78, 5) is 17.3. The van der Waals surface area contributed by atoms with Gasteiger partial charge in [0.1, 0.15) is 11.6 Å². The van der Waals surface area contributed by atoms with E-state index in [9.17, 15) is 36.2 Å². The van der Waals surface area contributed by atoms with Crippen molar-refractivity contribution in [2.45, 2.75) is 43.6 Å². The highest BCUT2D eigenvalue weighted by molar-refractivity contribution is 5.94. The van der Waals surface area contributed by atoms with Gasteiger partial charge in [-0.25, -0.2) is 4.98 Å². The van der Waals surface area contributed by atoms with E-state index in [-0.39, 0.29) is 23.9 Å². The number of carbonyl (C=O) groups is 1. The van der Waals surface area contributed by atoms with Crippen molar-refractivity contribution in [2.24, 2.45) is 5.92 Å². The molecule has 0 spiro atoms. The molecule has 32 heavy (non-hydrogen) atoms. The first-order chi connectivity index (χ1) is 14.9. The molecule has 1 amide bonds. The van der Waals surface area contributed by atoms with Crippen molar-refractivity contribution in [3.63, 3.8) is 0 Å². The molecule has 1 fully saturated rings. The van der Waals surface area contributed by atoms with Gasteiger partial charge in [0.25, 0.3) is 0 Å². The quantitative estimate of drug-likeness (QED) is 0.607. The highest BCUT2D eigenvalue weighted by atomic mass is 19.4. The van der Waals surface area contributed by atoms with E-state index in [0.717, 1.165) is 12.3 Å². The summed E-state index contributed by atoms with van der Waals surface area (Å²) in [6.45, 7) is 0.882. The first-order valence-electron chi connectivity index (χ1n) is 9.83. The van der Waals surface area contributed by atoms with Crippen LogP contribution in [0, 0.1) is 5.92 Å². The molecule has 13 heteroatoms. The van der Waals surface area contributed by atoms with Crippen LogP contribution >= 0.6 is 0 Å². The van der Waals surface area contributed by atoms with Gasteiger partial charge in [0.15, 0.2) is 5.60 Å². The zero-order valence-corrected chi connectivity index (χ0v) is 16.5. The van der Waals surface area contributed by atoms with Gasteiger partial charge in [0, 0.05) is 19.3 Å². The largest absolute Gasteiger partial charge is 0.422 e.